The minimum Gasteiger partial charge on any atom is -0.480 e. The number of nitrogens with one attached hydrogen (secondary N) is 3. The number of amides is 4. The normalized spacial score (nSPS) is 14.3. The second-order valence-corrected chi connectivity index (χ2v) is 7.93. The standard InChI is InChI=1S/C19H36N8O7/c1-9(2)14(18(33)34)27-16(31)11(5-6-13(21)29)25-17(32)12(8-28)26-15(30)10(20)4-3-7-24-19(22)23/h9-12,14,28H,3-8,20H2,1-2H3,(H2,21,29)(H,25,32)(H,26,30)(H,27,31)(H,33,34)(H4,22,23,24). The van der Waals surface area contributed by atoms with Crippen LogP contribution in [0.2, 0.25) is 0 Å². The topological polar surface area (TPSA) is 278 Å². The van der Waals surface area contributed by atoms with Crippen LogP contribution in [-0.4, -0.2) is 83.1 Å². The van der Waals surface area contributed by atoms with Gasteiger partial charge in [0.2, 0.25) is 23.6 Å². The molecule has 0 rings (SSSR count). The maximum Gasteiger partial charge on any atom is 0.326 e. The highest BCUT2D eigenvalue weighted by atomic mass is 16.4. The average molecular weight is 489 g/mol. The third-order valence-corrected chi connectivity index (χ3v) is 4.66. The Morgan fingerprint density at radius 3 is 1.91 bits per heavy atom. The van der Waals surface area contributed by atoms with Gasteiger partial charge in [-0.3, -0.25) is 24.2 Å². The molecule has 0 aliphatic heterocycles. The van der Waals surface area contributed by atoms with Crippen LogP contribution in [0.4, 0.5) is 0 Å². The first-order valence-electron chi connectivity index (χ1n) is 10.6. The van der Waals surface area contributed by atoms with Crippen LogP contribution < -0.4 is 38.9 Å². The number of aliphatic hydroxyl groups is 1. The van der Waals surface area contributed by atoms with E-state index in [0.29, 0.717) is 6.42 Å². The molecule has 0 aromatic rings. The monoisotopic (exact) mass is 488 g/mol. The van der Waals surface area contributed by atoms with Crippen LogP contribution in [-0.2, 0) is 24.0 Å². The first-order chi connectivity index (χ1) is 15.8. The molecule has 0 radical (unpaired) electrons. The third kappa shape index (κ3) is 12.0. The van der Waals surface area contributed by atoms with Crippen molar-refractivity contribution in [2.24, 2.45) is 33.8 Å². The smallest absolute Gasteiger partial charge is 0.326 e. The Kier molecular flexibility index (Phi) is 13.8. The first-order valence-corrected chi connectivity index (χ1v) is 10.6. The van der Waals surface area contributed by atoms with E-state index in [9.17, 15) is 34.2 Å². The SMILES string of the molecule is CC(C)C(NC(=O)C(CCC(N)=O)NC(=O)C(CO)NC(=O)C(N)CCCN=C(N)N)C(=O)O. The van der Waals surface area contributed by atoms with Crippen molar-refractivity contribution in [1.82, 2.24) is 16.0 Å². The lowest BCUT2D eigenvalue weighted by Crippen LogP contribution is -2.58. The zero-order valence-electron chi connectivity index (χ0n) is 19.3. The van der Waals surface area contributed by atoms with Crippen LogP contribution in [0.25, 0.3) is 0 Å². The van der Waals surface area contributed by atoms with Crippen LogP contribution in [0.5, 0.6) is 0 Å². The average Bonchev–Trinajstić information content (AvgIpc) is 2.74. The van der Waals surface area contributed by atoms with E-state index in [1.807, 2.05) is 0 Å². The highest BCUT2D eigenvalue weighted by Crippen LogP contribution is 2.05. The predicted molar refractivity (Wildman–Crippen MR) is 122 cm³/mol. The fourth-order valence-electron chi connectivity index (χ4n) is 2.72. The Morgan fingerprint density at radius 2 is 1.44 bits per heavy atom. The summed E-state index contributed by atoms with van der Waals surface area (Å²) in [5.41, 5.74) is 21.3. The molecule has 0 saturated carbocycles. The van der Waals surface area contributed by atoms with Gasteiger partial charge in [0, 0.05) is 13.0 Å². The zero-order chi connectivity index (χ0) is 26.4. The van der Waals surface area contributed by atoms with E-state index in [0.717, 1.165) is 0 Å². The molecule has 0 heterocycles. The highest BCUT2D eigenvalue weighted by Gasteiger charge is 2.31. The maximum absolute atomic E-state index is 12.6. The van der Waals surface area contributed by atoms with Gasteiger partial charge in [-0.15, -0.1) is 0 Å². The number of aliphatic imine (C=N–C) groups is 1. The molecule has 4 atom stereocenters. The summed E-state index contributed by atoms with van der Waals surface area (Å²) < 4.78 is 0. The summed E-state index contributed by atoms with van der Waals surface area (Å²) in [4.78, 5) is 63.7. The van der Waals surface area contributed by atoms with Crippen LogP contribution >= 0.6 is 0 Å². The highest BCUT2D eigenvalue weighted by molar-refractivity contribution is 5.94. The van der Waals surface area contributed by atoms with E-state index < -0.39 is 66.3 Å². The summed E-state index contributed by atoms with van der Waals surface area (Å²) >= 11 is 0. The van der Waals surface area contributed by atoms with Gasteiger partial charge in [0.25, 0.3) is 0 Å². The van der Waals surface area contributed by atoms with Crippen molar-refractivity contribution in [2.75, 3.05) is 13.2 Å². The molecule has 0 bridgehead atoms. The third-order valence-electron chi connectivity index (χ3n) is 4.66. The van der Waals surface area contributed by atoms with Crippen LogP contribution in [0.1, 0.15) is 39.5 Å². The van der Waals surface area contributed by atoms with Crippen LogP contribution in [0.3, 0.4) is 0 Å². The molecule has 0 aromatic carbocycles. The molecule has 15 nitrogen and oxygen atoms in total. The summed E-state index contributed by atoms with van der Waals surface area (Å²) in [6.45, 7) is 2.59. The molecule has 0 fully saturated rings. The van der Waals surface area contributed by atoms with Crippen molar-refractivity contribution in [1.29, 1.82) is 0 Å². The van der Waals surface area contributed by atoms with Crippen molar-refractivity contribution in [3.05, 3.63) is 0 Å². The largest absolute Gasteiger partial charge is 0.480 e. The molecular weight excluding hydrogens is 452 g/mol. The minimum absolute atomic E-state index is 0.104. The van der Waals surface area contributed by atoms with Crippen LogP contribution in [0.15, 0.2) is 4.99 Å². The molecule has 13 N–H and O–H groups in total. The van der Waals surface area contributed by atoms with E-state index in [-0.39, 0.29) is 31.8 Å². The van der Waals surface area contributed by atoms with Crippen molar-refractivity contribution in [3.63, 3.8) is 0 Å². The van der Waals surface area contributed by atoms with E-state index in [1.54, 1.807) is 13.8 Å². The second kappa shape index (κ2) is 15.4. The Bertz CT molecular complexity index is 755. The van der Waals surface area contributed by atoms with Crippen molar-refractivity contribution in [3.8, 4) is 0 Å². The molecule has 15 heteroatoms. The Hall–Kier alpha value is -3.46. The maximum atomic E-state index is 12.6. The van der Waals surface area contributed by atoms with Crippen LogP contribution in [0, 0.1) is 5.92 Å². The van der Waals surface area contributed by atoms with Crippen molar-refractivity contribution >= 4 is 35.6 Å². The molecule has 0 aromatic heterocycles. The Morgan fingerprint density at radius 1 is 0.882 bits per heavy atom. The number of rotatable bonds is 16. The lowest BCUT2D eigenvalue weighted by atomic mass is 10.0. The summed E-state index contributed by atoms with van der Waals surface area (Å²) in [5.74, 6) is -5.13. The van der Waals surface area contributed by atoms with Gasteiger partial charge in [-0.2, -0.15) is 0 Å². The number of carbonyl (C=O) groups excluding carboxylic acids is 4. The summed E-state index contributed by atoms with van der Waals surface area (Å²) in [5, 5.41) is 25.7. The lowest BCUT2D eigenvalue weighted by Gasteiger charge is -2.25. The summed E-state index contributed by atoms with van der Waals surface area (Å²) in [6.07, 6.45) is 0.0680. The zero-order valence-corrected chi connectivity index (χ0v) is 19.3. The van der Waals surface area contributed by atoms with Gasteiger partial charge in [0.1, 0.15) is 18.1 Å². The number of aliphatic carboxylic acids is 1. The molecular formula is C19H36N8O7. The molecule has 194 valence electrons. The Balaban J connectivity index is 5.20. The molecule has 0 aliphatic carbocycles. The quantitative estimate of drug-likeness (QED) is 0.0573. The molecule has 0 aliphatic rings. The molecule has 0 saturated heterocycles. The second-order valence-electron chi connectivity index (χ2n) is 7.93. The number of carbonyl (C=O) groups is 5. The van der Waals surface area contributed by atoms with E-state index in [4.69, 9.17) is 22.9 Å². The Labute approximate surface area is 197 Å². The number of aliphatic hydroxyl groups excluding tert-OH is 1. The van der Waals surface area contributed by atoms with E-state index in [1.165, 1.54) is 0 Å². The van der Waals surface area contributed by atoms with Crippen molar-refractivity contribution < 1.29 is 34.2 Å². The number of hydrogen-bond acceptors (Lipinski definition) is 8. The summed E-state index contributed by atoms with van der Waals surface area (Å²) in [6, 6.07) is -5.07. The fraction of sp³-hybridized carbons (Fsp3) is 0.684. The van der Waals surface area contributed by atoms with Gasteiger partial charge >= 0.3 is 5.97 Å². The predicted octanol–water partition coefficient (Wildman–Crippen LogP) is -4.18. The lowest BCUT2D eigenvalue weighted by molar-refractivity contribution is -0.143. The molecule has 0 spiro atoms. The van der Waals surface area contributed by atoms with Gasteiger partial charge in [0.05, 0.1) is 12.6 Å². The number of guanidine groups is 1. The van der Waals surface area contributed by atoms with Gasteiger partial charge in [-0.05, 0) is 25.2 Å². The number of nitrogens with two attached hydrogens (primary N) is 4. The van der Waals surface area contributed by atoms with Gasteiger partial charge in [0.15, 0.2) is 5.96 Å². The molecule has 4 amide bonds. The number of carboxylic acid groups (broad SMARTS) is 1. The van der Waals surface area contributed by atoms with Crippen molar-refractivity contribution in [2.45, 2.75) is 63.7 Å². The molecule has 34 heavy (non-hydrogen) atoms. The van der Waals surface area contributed by atoms with Gasteiger partial charge < -0.3 is 49.1 Å². The van der Waals surface area contributed by atoms with Gasteiger partial charge in [-0.1, -0.05) is 13.8 Å². The number of nitrogens with zero attached hydrogens (tertiary/aromatic N) is 1. The number of carboxylic acids is 1. The van der Waals surface area contributed by atoms with E-state index in [2.05, 4.69) is 20.9 Å². The number of hydrogen-bond donors (Lipinski definition) is 9. The van der Waals surface area contributed by atoms with E-state index >= 15 is 0 Å². The first kappa shape index (κ1) is 30.5. The molecule has 4 unspecified atom stereocenters. The van der Waals surface area contributed by atoms with Gasteiger partial charge in [-0.25, -0.2) is 4.79 Å². The fourth-order valence-corrected chi connectivity index (χ4v) is 2.72. The number of primary amides is 1. The minimum atomic E-state index is -1.46. The summed E-state index contributed by atoms with van der Waals surface area (Å²) in [7, 11) is 0.